The summed E-state index contributed by atoms with van der Waals surface area (Å²) in [5.74, 6) is 1.75. The fourth-order valence-electron chi connectivity index (χ4n) is 3.62. The zero-order valence-electron chi connectivity index (χ0n) is 18.4. The molecule has 0 unspecified atom stereocenters. The summed E-state index contributed by atoms with van der Waals surface area (Å²) in [7, 11) is 3.18. The Labute approximate surface area is 182 Å². The third kappa shape index (κ3) is 4.65. The van der Waals surface area contributed by atoms with E-state index in [2.05, 4.69) is 10.3 Å². The van der Waals surface area contributed by atoms with Crippen molar-refractivity contribution in [3.05, 3.63) is 42.1 Å². The van der Waals surface area contributed by atoms with Crippen LogP contribution in [0.5, 0.6) is 11.5 Å². The lowest BCUT2D eigenvalue weighted by Gasteiger charge is -2.43. The summed E-state index contributed by atoms with van der Waals surface area (Å²) in [5, 5.41) is 6.34. The molecule has 0 aliphatic carbocycles. The van der Waals surface area contributed by atoms with Crippen molar-refractivity contribution in [3.8, 4) is 11.5 Å². The number of carbonyl (C=O) groups excluding carboxylic acids is 2. The number of nitrogens with one attached hydrogen (secondary N) is 1. The molecule has 0 radical (unpaired) electrons. The third-order valence-electron chi connectivity index (χ3n) is 5.13. The molecule has 1 aromatic carbocycles. The number of carbonyl (C=O) groups is 2. The van der Waals surface area contributed by atoms with Crippen molar-refractivity contribution < 1.29 is 19.1 Å². The molecule has 3 rings (SSSR count). The number of fused-ring (bicyclic) bond motifs is 1. The Morgan fingerprint density at radius 3 is 2.48 bits per heavy atom. The zero-order valence-corrected chi connectivity index (χ0v) is 18.4. The van der Waals surface area contributed by atoms with Crippen molar-refractivity contribution in [2.45, 2.75) is 20.3 Å². The summed E-state index contributed by atoms with van der Waals surface area (Å²) in [6, 6.07) is 9.00. The van der Waals surface area contributed by atoms with Crippen molar-refractivity contribution in [2.24, 2.45) is 0 Å². The smallest absolute Gasteiger partial charge is 0.343 e. The predicted octanol–water partition coefficient (Wildman–Crippen LogP) is 2.46. The summed E-state index contributed by atoms with van der Waals surface area (Å²) < 4.78 is 10.6. The van der Waals surface area contributed by atoms with E-state index in [-0.39, 0.29) is 18.5 Å². The van der Waals surface area contributed by atoms with Crippen LogP contribution in [-0.2, 0) is 11.2 Å². The quantitative estimate of drug-likeness (QED) is 0.662. The van der Waals surface area contributed by atoms with Gasteiger partial charge in [0.1, 0.15) is 6.54 Å². The van der Waals surface area contributed by atoms with Gasteiger partial charge < -0.3 is 14.8 Å². The summed E-state index contributed by atoms with van der Waals surface area (Å²) in [5.41, 5.74) is 1.64. The van der Waals surface area contributed by atoms with E-state index in [9.17, 15) is 9.59 Å². The fraction of sp³-hybridized carbons (Fsp3) is 0.409. The normalized spacial score (nSPS) is 13.2. The van der Waals surface area contributed by atoms with Crippen LogP contribution in [0.4, 0.5) is 16.3 Å². The second-order valence-electron chi connectivity index (χ2n) is 6.94. The lowest BCUT2D eigenvalue weighted by atomic mass is 10.1. The van der Waals surface area contributed by atoms with Crippen LogP contribution < -0.4 is 24.7 Å². The molecule has 0 saturated carbocycles. The highest BCUT2D eigenvalue weighted by Crippen LogP contribution is 2.33. The molecule has 0 fully saturated rings. The minimum atomic E-state index is -0.236. The minimum Gasteiger partial charge on any atom is -0.493 e. The molecular formula is C22H29N5O4. The molecule has 0 spiro atoms. The van der Waals surface area contributed by atoms with E-state index in [1.54, 1.807) is 31.5 Å². The van der Waals surface area contributed by atoms with E-state index in [0.717, 1.165) is 5.56 Å². The number of hydrogen-bond acceptors (Lipinski definition) is 6. The molecule has 166 valence electrons. The largest absolute Gasteiger partial charge is 0.493 e. The first kappa shape index (κ1) is 22.2. The maximum Gasteiger partial charge on any atom is 0.343 e. The predicted molar refractivity (Wildman–Crippen MR) is 119 cm³/mol. The van der Waals surface area contributed by atoms with Crippen LogP contribution in [0.2, 0.25) is 0 Å². The molecule has 0 atom stereocenters. The van der Waals surface area contributed by atoms with Gasteiger partial charge in [-0.1, -0.05) is 6.07 Å². The van der Waals surface area contributed by atoms with Gasteiger partial charge in [0.05, 0.1) is 19.9 Å². The number of nitrogens with zero attached hydrogens (tertiary/aromatic N) is 4. The number of hydrazine groups is 1. The molecule has 1 aromatic heterocycles. The molecule has 9 nitrogen and oxygen atoms in total. The van der Waals surface area contributed by atoms with Gasteiger partial charge in [-0.15, -0.1) is 0 Å². The summed E-state index contributed by atoms with van der Waals surface area (Å²) in [6.45, 7) is 5.32. The molecule has 2 heterocycles. The van der Waals surface area contributed by atoms with E-state index < -0.39 is 0 Å². The van der Waals surface area contributed by atoms with Crippen LogP contribution in [0, 0.1) is 0 Å². The van der Waals surface area contributed by atoms with Gasteiger partial charge >= 0.3 is 6.03 Å². The van der Waals surface area contributed by atoms with Crippen LogP contribution >= 0.6 is 0 Å². The van der Waals surface area contributed by atoms with E-state index in [1.165, 1.54) is 4.90 Å². The Morgan fingerprint density at radius 2 is 1.81 bits per heavy atom. The number of urea groups is 1. The average molecular weight is 428 g/mol. The maximum atomic E-state index is 13.0. The highest BCUT2D eigenvalue weighted by Gasteiger charge is 2.36. The Hall–Kier alpha value is -3.49. The highest BCUT2D eigenvalue weighted by molar-refractivity contribution is 6.03. The van der Waals surface area contributed by atoms with Gasteiger partial charge in [-0.05, 0) is 50.1 Å². The Kier molecular flexibility index (Phi) is 7.17. The standard InChI is InChI=1S/C22H29N5O4/c1-5-26-21-17(8-7-12-24-21)25(22(29)27(26)6-2)15-20(28)23-13-11-16-9-10-18(30-3)19(14-16)31-4/h7-10,12,14H,5-6,11,13,15H2,1-4H3,(H,23,28). The van der Waals surface area contributed by atoms with Crippen molar-refractivity contribution in [1.29, 1.82) is 0 Å². The number of ether oxygens (including phenoxy) is 2. The van der Waals surface area contributed by atoms with E-state index in [1.807, 2.05) is 43.1 Å². The van der Waals surface area contributed by atoms with Gasteiger partial charge in [0.25, 0.3) is 0 Å². The number of hydrogen-bond donors (Lipinski definition) is 1. The lowest BCUT2D eigenvalue weighted by molar-refractivity contribution is -0.119. The lowest BCUT2D eigenvalue weighted by Crippen LogP contribution is -2.58. The van der Waals surface area contributed by atoms with Crippen LogP contribution in [0.3, 0.4) is 0 Å². The number of rotatable bonds is 9. The molecule has 9 heteroatoms. The number of pyridine rings is 1. The maximum absolute atomic E-state index is 13.0. The number of aromatic nitrogens is 1. The number of amides is 3. The van der Waals surface area contributed by atoms with Gasteiger partial charge in [0.2, 0.25) is 5.91 Å². The fourth-order valence-corrected chi connectivity index (χ4v) is 3.62. The second-order valence-corrected chi connectivity index (χ2v) is 6.94. The summed E-state index contributed by atoms with van der Waals surface area (Å²) in [6.07, 6.45) is 2.31. The van der Waals surface area contributed by atoms with Crippen LogP contribution in [0.25, 0.3) is 0 Å². The van der Waals surface area contributed by atoms with E-state index >= 15 is 0 Å². The molecule has 0 bridgehead atoms. The Morgan fingerprint density at radius 1 is 1.06 bits per heavy atom. The van der Waals surface area contributed by atoms with Gasteiger partial charge in [0.15, 0.2) is 17.3 Å². The monoisotopic (exact) mass is 427 g/mol. The molecule has 0 saturated heterocycles. The summed E-state index contributed by atoms with van der Waals surface area (Å²) in [4.78, 5) is 31.6. The highest BCUT2D eigenvalue weighted by atomic mass is 16.5. The van der Waals surface area contributed by atoms with Crippen molar-refractivity contribution in [1.82, 2.24) is 15.3 Å². The molecule has 1 aliphatic rings. The summed E-state index contributed by atoms with van der Waals surface area (Å²) >= 11 is 0. The van der Waals surface area contributed by atoms with Crippen molar-refractivity contribution in [3.63, 3.8) is 0 Å². The van der Waals surface area contributed by atoms with Gasteiger partial charge in [0, 0.05) is 25.8 Å². The van der Waals surface area contributed by atoms with Gasteiger partial charge in [-0.25, -0.2) is 14.8 Å². The van der Waals surface area contributed by atoms with E-state index in [0.29, 0.717) is 49.1 Å². The average Bonchev–Trinajstić information content (AvgIpc) is 2.80. The second kappa shape index (κ2) is 10.0. The number of benzene rings is 1. The molecule has 1 N–H and O–H groups in total. The van der Waals surface area contributed by atoms with Crippen molar-refractivity contribution >= 4 is 23.4 Å². The number of methoxy groups -OCH3 is 2. The van der Waals surface area contributed by atoms with Gasteiger partial charge in [-0.3, -0.25) is 14.7 Å². The number of anilines is 2. The molecule has 1 aliphatic heterocycles. The van der Waals surface area contributed by atoms with Crippen LogP contribution in [0.1, 0.15) is 19.4 Å². The first-order valence-corrected chi connectivity index (χ1v) is 10.3. The Bertz CT molecular complexity index is 936. The first-order valence-electron chi connectivity index (χ1n) is 10.3. The Balaban J connectivity index is 1.65. The third-order valence-corrected chi connectivity index (χ3v) is 5.13. The first-order chi connectivity index (χ1) is 15.0. The molecule has 3 amide bonds. The SMILES string of the molecule is CCN1C(=O)N(CC(=O)NCCc2ccc(OC)c(OC)c2)c2cccnc2N1CC. The topological polar surface area (TPSA) is 87.2 Å². The zero-order chi connectivity index (χ0) is 22.4. The van der Waals surface area contributed by atoms with Crippen LogP contribution in [-0.4, -0.2) is 62.3 Å². The van der Waals surface area contributed by atoms with Gasteiger partial charge in [-0.2, -0.15) is 0 Å². The molecule has 31 heavy (non-hydrogen) atoms. The molecular weight excluding hydrogens is 398 g/mol. The van der Waals surface area contributed by atoms with Crippen molar-refractivity contribution in [2.75, 3.05) is 50.3 Å². The molecule has 2 aromatic rings. The minimum absolute atomic E-state index is 0.0719. The van der Waals surface area contributed by atoms with E-state index in [4.69, 9.17) is 9.47 Å². The van der Waals surface area contributed by atoms with Crippen LogP contribution in [0.15, 0.2) is 36.5 Å².